The summed E-state index contributed by atoms with van der Waals surface area (Å²) in [4.78, 5) is 19.7. The Labute approximate surface area is 181 Å². The van der Waals surface area contributed by atoms with E-state index < -0.39 is 12.0 Å². The zero-order valence-electron chi connectivity index (χ0n) is 16.8. The highest BCUT2D eigenvalue weighted by atomic mass is 35.5. The number of thiazole rings is 1. The summed E-state index contributed by atoms with van der Waals surface area (Å²) in [6.07, 6.45) is 4.63. The summed E-state index contributed by atoms with van der Waals surface area (Å²) in [6.45, 7) is 5.32. The van der Waals surface area contributed by atoms with E-state index in [0.29, 0.717) is 37.6 Å². The number of nitrogen functional groups attached to an aromatic ring is 1. The van der Waals surface area contributed by atoms with Crippen molar-refractivity contribution in [2.45, 2.75) is 52.1 Å². The lowest BCUT2D eigenvalue weighted by molar-refractivity contribution is -0.689. The number of nitrogens with zero attached hydrogens (tertiary/aromatic N) is 3. The lowest BCUT2D eigenvalue weighted by Crippen LogP contribution is -3.00. The maximum Gasteiger partial charge on any atom is 0.320 e. The molecule has 0 saturated carbocycles. The van der Waals surface area contributed by atoms with Crippen LogP contribution in [0.2, 0.25) is 0 Å². The predicted octanol–water partition coefficient (Wildman–Crippen LogP) is -2.86. The van der Waals surface area contributed by atoms with Crippen LogP contribution in [0.4, 0.5) is 5.82 Å². The molecule has 0 saturated heterocycles. The summed E-state index contributed by atoms with van der Waals surface area (Å²) in [7, 11) is 0. The van der Waals surface area contributed by atoms with Crippen LogP contribution in [0.15, 0.2) is 11.7 Å². The van der Waals surface area contributed by atoms with Crippen molar-refractivity contribution in [3.63, 3.8) is 0 Å². The van der Waals surface area contributed by atoms with Crippen molar-refractivity contribution in [3.8, 4) is 0 Å². The molecule has 0 aliphatic carbocycles. The highest BCUT2D eigenvalue weighted by Crippen LogP contribution is 2.13. The van der Waals surface area contributed by atoms with Crippen LogP contribution >= 0.6 is 11.3 Å². The number of carboxylic acid groups (broad SMARTS) is 1. The first kappa shape index (κ1) is 27.1. The van der Waals surface area contributed by atoms with Crippen LogP contribution in [0.3, 0.4) is 0 Å². The molecule has 0 spiro atoms. The van der Waals surface area contributed by atoms with Gasteiger partial charge < -0.3 is 39.8 Å². The van der Waals surface area contributed by atoms with E-state index in [1.165, 1.54) is 4.88 Å². The molecule has 1 atom stereocenters. The van der Waals surface area contributed by atoms with Gasteiger partial charge in [-0.2, -0.15) is 4.57 Å². The average molecular weight is 447 g/mol. The van der Waals surface area contributed by atoms with Crippen LogP contribution in [-0.4, -0.2) is 45.3 Å². The van der Waals surface area contributed by atoms with Crippen molar-refractivity contribution < 1.29 is 32.0 Å². The Balaban J connectivity index is 0.000000616. The van der Waals surface area contributed by atoms with Gasteiger partial charge in [0.1, 0.15) is 17.7 Å². The Morgan fingerprint density at radius 1 is 1.34 bits per heavy atom. The molecule has 0 aliphatic heterocycles. The number of carboxylic acids is 1. The Kier molecular flexibility index (Phi) is 13.3. The molecular formula is C18H31ClN6O3S. The van der Waals surface area contributed by atoms with Crippen LogP contribution in [0.5, 0.6) is 0 Å². The summed E-state index contributed by atoms with van der Waals surface area (Å²) < 4.78 is 2.11. The maximum absolute atomic E-state index is 10.1. The Bertz CT molecular complexity index is 759. The minimum Gasteiger partial charge on any atom is -1.00 e. The quantitative estimate of drug-likeness (QED) is 0.202. The Morgan fingerprint density at radius 2 is 2.03 bits per heavy atom. The number of nitrogens with two attached hydrogens (primary N) is 3. The number of aliphatic carboxylic acids is 1. The Morgan fingerprint density at radius 3 is 2.59 bits per heavy atom. The smallest absolute Gasteiger partial charge is 0.320 e. The second-order valence-electron chi connectivity index (χ2n) is 6.39. The van der Waals surface area contributed by atoms with Gasteiger partial charge >= 0.3 is 5.97 Å². The van der Waals surface area contributed by atoms with Crippen LogP contribution in [0, 0.1) is 13.8 Å². The number of rotatable bonds is 9. The molecule has 29 heavy (non-hydrogen) atoms. The molecular weight excluding hydrogens is 416 g/mol. The number of aliphatic hydroxyl groups excluding tert-OH is 1. The van der Waals surface area contributed by atoms with Crippen molar-refractivity contribution >= 4 is 23.1 Å². The predicted molar refractivity (Wildman–Crippen MR) is 109 cm³/mol. The number of hydrogen-bond acceptors (Lipinski definition) is 8. The molecule has 2 rings (SSSR count). The fourth-order valence-corrected chi connectivity index (χ4v) is 3.38. The van der Waals surface area contributed by atoms with Crippen LogP contribution in [0.25, 0.3) is 0 Å². The third kappa shape index (κ3) is 9.46. The highest BCUT2D eigenvalue weighted by Gasteiger charge is 2.17. The first-order valence-electron chi connectivity index (χ1n) is 9.13. The standard InChI is InChI=1S/C12H17N4OS.C6H14N2O2.ClH/c1-8-11(3-4-17)18-7-16(8)6-10-5-14-9(2)15-12(10)13;7-4-2-1-3-5(8)6(9)10;/h5,7,17H,3-4,6H2,1-2H3,(H2,13,14,15);5H,1-4,7-8H2,(H,9,10);1H/q+1;;/p-1. The number of hydrogen-bond donors (Lipinski definition) is 5. The van der Waals surface area contributed by atoms with E-state index in [1.807, 2.05) is 19.4 Å². The molecule has 2 aromatic heterocycles. The molecule has 0 radical (unpaired) electrons. The SMILES string of the molecule is Cc1ncc(C[n+]2csc(CCO)c2C)c(N)n1.NCCCCC(N)C(=O)O.[Cl-]. The normalized spacial score (nSPS) is 11.2. The first-order chi connectivity index (χ1) is 13.3. The molecule has 0 bridgehead atoms. The third-order valence-corrected chi connectivity index (χ3v) is 5.28. The Hall–Kier alpha value is -1.85. The molecule has 11 heteroatoms. The second kappa shape index (κ2) is 14.2. The summed E-state index contributed by atoms with van der Waals surface area (Å²) in [5.41, 5.74) is 20.4. The number of carbonyl (C=O) groups is 1. The van der Waals surface area contributed by atoms with E-state index in [-0.39, 0.29) is 19.0 Å². The van der Waals surface area contributed by atoms with Crippen molar-refractivity contribution in [1.82, 2.24) is 9.97 Å². The zero-order chi connectivity index (χ0) is 21.1. The molecule has 0 fully saturated rings. The monoisotopic (exact) mass is 446 g/mol. The molecule has 164 valence electrons. The summed E-state index contributed by atoms with van der Waals surface area (Å²) in [5, 5.41) is 17.3. The van der Waals surface area contributed by atoms with E-state index in [9.17, 15) is 4.79 Å². The van der Waals surface area contributed by atoms with Gasteiger partial charge in [0.15, 0.2) is 12.2 Å². The van der Waals surface area contributed by atoms with Crippen LogP contribution < -0.4 is 34.2 Å². The molecule has 2 aromatic rings. The van der Waals surface area contributed by atoms with Crippen molar-refractivity contribution in [1.29, 1.82) is 0 Å². The fourth-order valence-electron chi connectivity index (χ4n) is 2.40. The summed E-state index contributed by atoms with van der Waals surface area (Å²) in [6, 6.07) is -0.716. The highest BCUT2D eigenvalue weighted by molar-refractivity contribution is 7.09. The number of aromatic nitrogens is 3. The number of halogens is 1. The third-order valence-electron chi connectivity index (χ3n) is 4.14. The number of aliphatic hydroxyl groups is 1. The summed E-state index contributed by atoms with van der Waals surface area (Å²) >= 11 is 1.65. The fraction of sp³-hybridized carbons (Fsp3) is 0.556. The van der Waals surface area contributed by atoms with Gasteiger partial charge in [-0.15, -0.1) is 0 Å². The van der Waals surface area contributed by atoms with Crippen LogP contribution in [-0.2, 0) is 17.8 Å². The number of aryl methyl sites for hydroxylation is 1. The molecule has 0 aliphatic rings. The lowest BCUT2D eigenvalue weighted by atomic mass is 10.1. The van der Waals surface area contributed by atoms with Gasteiger partial charge in [-0.1, -0.05) is 17.8 Å². The summed E-state index contributed by atoms with van der Waals surface area (Å²) in [5.74, 6) is 0.283. The molecule has 8 N–H and O–H groups in total. The van der Waals surface area contributed by atoms with Gasteiger partial charge in [0.05, 0.1) is 10.4 Å². The van der Waals surface area contributed by atoms with E-state index in [4.69, 9.17) is 27.4 Å². The van der Waals surface area contributed by atoms with Crippen molar-refractivity contribution in [3.05, 3.63) is 33.7 Å². The molecule has 2 heterocycles. The maximum atomic E-state index is 10.1. The van der Waals surface area contributed by atoms with E-state index in [2.05, 4.69) is 14.5 Å². The second-order valence-corrected chi connectivity index (χ2v) is 7.33. The molecule has 0 amide bonds. The van der Waals surface area contributed by atoms with Gasteiger partial charge in [0.2, 0.25) is 5.51 Å². The van der Waals surface area contributed by atoms with Gasteiger partial charge in [-0.3, -0.25) is 4.79 Å². The van der Waals surface area contributed by atoms with Gasteiger partial charge in [0.25, 0.3) is 0 Å². The molecule has 9 nitrogen and oxygen atoms in total. The zero-order valence-corrected chi connectivity index (χ0v) is 18.4. The van der Waals surface area contributed by atoms with Crippen molar-refractivity contribution in [2.24, 2.45) is 11.5 Å². The van der Waals surface area contributed by atoms with E-state index in [1.54, 1.807) is 17.5 Å². The minimum atomic E-state index is -0.933. The number of anilines is 1. The lowest BCUT2D eigenvalue weighted by Gasteiger charge is -2.03. The van der Waals surface area contributed by atoms with Gasteiger partial charge in [-0.05, 0) is 26.3 Å². The van der Waals surface area contributed by atoms with Crippen LogP contribution in [0.1, 0.15) is 41.2 Å². The average Bonchev–Trinajstić information content (AvgIpc) is 2.98. The largest absolute Gasteiger partial charge is 1.00 e. The molecule has 0 aromatic carbocycles. The van der Waals surface area contributed by atoms with Gasteiger partial charge in [-0.25, -0.2) is 9.97 Å². The van der Waals surface area contributed by atoms with Gasteiger partial charge in [0, 0.05) is 26.1 Å². The van der Waals surface area contributed by atoms with Crippen molar-refractivity contribution in [2.75, 3.05) is 18.9 Å². The molecule has 1 unspecified atom stereocenters. The topological polar surface area (TPSA) is 165 Å². The van der Waals surface area contributed by atoms with E-state index in [0.717, 1.165) is 24.1 Å². The van der Waals surface area contributed by atoms with E-state index >= 15 is 0 Å². The minimum absolute atomic E-state index is 0. The number of unbranched alkanes of at least 4 members (excludes halogenated alkanes) is 1. The first-order valence-corrected chi connectivity index (χ1v) is 10.0.